The highest BCUT2D eigenvalue weighted by atomic mass is 79.9. The fourth-order valence-corrected chi connectivity index (χ4v) is 5.64. The van der Waals surface area contributed by atoms with Crippen LogP contribution < -0.4 is 24.8 Å². The van der Waals surface area contributed by atoms with Gasteiger partial charge in [0.2, 0.25) is 5.91 Å². The van der Waals surface area contributed by atoms with Gasteiger partial charge in [0.1, 0.15) is 22.8 Å². The maximum Gasteiger partial charge on any atom is 0.339 e. The molecule has 43 heavy (non-hydrogen) atoms. The summed E-state index contributed by atoms with van der Waals surface area (Å²) in [5.41, 5.74) is 6.29. The lowest BCUT2D eigenvalue weighted by Crippen LogP contribution is -2.41. The standard InChI is InChI=1S/C33H31BrClN3O5/c1-42-31-19-22(28(34)21-27(31)33(40)41)20-32(39)36-38(30-8-4-3-7-29(30)37-17-5-2-6-18-37)24-11-15-26(16-12-24)43-25-13-9-23(35)10-14-25/h3-4,7-16,19,21H,2,5-6,17-18,20H2,1H3,(H,36,39)(H,40,41). The first-order valence-corrected chi connectivity index (χ1v) is 15.1. The van der Waals surface area contributed by atoms with E-state index in [-0.39, 0.29) is 23.6 Å². The third-order valence-corrected chi connectivity index (χ3v) is 8.14. The number of rotatable bonds is 10. The Morgan fingerprint density at radius 1 is 0.953 bits per heavy atom. The third kappa shape index (κ3) is 7.42. The molecule has 5 rings (SSSR count). The van der Waals surface area contributed by atoms with Gasteiger partial charge in [0.05, 0.1) is 30.6 Å². The van der Waals surface area contributed by atoms with Crippen molar-refractivity contribution in [1.29, 1.82) is 0 Å². The van der Waals surface area contributed by atoms with E-state index in [4.69, 9.17) is 21.1 Å². The average molecular weight is 665 g/mol. The number of nitrogens with one attached hydrogen (secondary N) is 1. The van der Waals surface area contributed by atoms with Gasteiger partial charge in [0.25, 0.3) is 0 Å². The molecule has 0 atom stereocenters. The molecule has 8 nitrogen and oxygen atoms in total. The smallest absolute Gasteiger partial charge is 0.339 e. The molecule has 1 aliphatic heterocycles. The SMILES string of the molecule is COc1cc(CC(=O)NN(c2ccc(Oc3ccc(Cl)cc3)cc2)c2ccccc2N2CCCCC2)c(Br)cc1C(=O)O. The number of para-hydroxylation sites is 2. The van der Waals surface area contributed by atoms with Crippen molar-refractivity contribution in [3.8, 4) is 17.2 Å². The summed E-state index contributed by atoms with van der Waals surface area (Å²) in [5, 5.41) is 11.9. The van der Waals surface area contributed by atoms with Gasteiger partial charge < -0.3 is 19.5 Å². The molecule has 0 radical (unpaired) electrons. The minimum Gasteiger partial charge on any atom is -0.496 e. The monoisotopic (exact) mass is 663 g/mol. The molecule has 1 fully saturated rings. The number of aromatic carboxylic acids is 1. The Bertz CT molecular complexity index is 1590. The van der Waals surface area contributed by atoms with E-state index in [0.29, 0.717) is 26.6 Å². The van der Waals surface area contributed by atoms with Crippen LogP contribution in [-0.2, 0) is 11.2 Å². The zero-order valence-electron chi connectivity index (χ0n) is 23.6. The number of piperidine rings is 1. The molecule has 0 unspecified atom stereocenters. The fourth-order valence-electron chi connectivity index (χ4n) is 5.03. The molecule has 1 amide bonds. The second kappa shape index (κ2) is 13.8. The molecule has 10 heteroatoms. The van der Waals surface area contributed by atoms with Crippen molar-refractivity contribution in [2.75, 3.05) is 30.1 Å². The zero-order valence-corrected chi connectivity index (χ0v) is 25.9. The maximum atomic E-state index is 13.6. The van der Waals surface area contributed by atoms with Crippen molar-refractivity contribution >= 4 is 56.5 Å². The number of anilines is 3. The van der Waals surface area contributed by atoms with E-state index in [1.807, 2.05) is 42.5 Å². The van der Waals surface area contributed by atoms with Crippen LogP contribution >= 0.6 is 27.5 Å². The minimum absolute atomic E-state index is 0.0107. The van der Waals surface area contributed by atoms with Crippen LogP contribution in [0.5, 0.6) is 17.2 Å². The number of benzene rings is 4. The van der Waals surface area contributed by atoms with Crippen molar-refractivity contribution in [1.82, 2.24) is 5.43 Å². The van der Waals surface area contributed by atoms with Crippen molar-refractivity contribution in [2.45, 2.75) is 25.7 Å². The number of amides is 1. The summed E-state index contributed by atoms with van der Waals surface area (Å²) < 4.78 is 11.8. The summed E-state index contributed by atoms with van der Waals surface area (Å²) in [6.07, 6.45) is 3.41. The van der Waals surface area contributed by atoms with Crippen LogP contribution in [0.2, 0.25) is 5.02 Å². The summed E-state index contributed by atoms with van der Waals surface area (Å²) >= 11 is 9.43. The predicted octanol–water partition coefficient (Wildman–Crippen LogP) is 8.00. The fraction of sp³-hybridized carbons (Fsp3) is 0.212. The second-order valence-corrected chi connectivity index (χ2v) is 11.4. The van der Waals surface area contributed by atoms with Crippen LogP contribution in [-0.4, -0.2) is 37.2 Å². The number of hydrazine groups is 1. The molecular formula is C33H31BrClN3O5. The number of carboxylic acids is 1. The summed E-state index contributed by atoms with van der Waals surface area (Å²) in [5.74, 6) is 0.0734. The molecule has 2 N–H and O–H groups in total. The van der Waals surface area contributed by atoms with Gasteiger partial charge in [0, 0.05) is 22.6 Å². The molecular weight excluding hydrogens is 634 g/mol. The number of nitrogens with zero attached hydrogens (tertiary/aromatic N) is 2. The third-order valence-electron chi connectivity index (χ3n) is 7.15. The first-order chi connectivity index (χ1) is 20.8. The lowest BCUT2D eigenvalue weighted by molar-refractivity contribution is -0.120. The summed E-state index contributed by atoms with van der Waals surface area (Å²) in [4.78, 5) is 27.6. The van der Waals surface area contributed by atoms with E-state index < -0.39 is 5.97 Å². The van der Waals surface area contributed by atoms with Gasteiger partial charge in [-0.25, -0.2) is 4.79 Å². The summed E-state index contributed by atoms with van der Waals surface area (Å²) in [6.45, 7) is 1.88. The molecule has 4 aromatic carbocycles. The number of carbonyl (C=O) groups excluding carboxylic acids is 1. The highest BCUT2D eigenvalue weighted by molar-refractivity contribution is 9.10. The Labute approximate surface area is 263 Å². The van der Waals surface area contributed by atoms with Gasteiger partial charge in [0.15, 0.2) is 0 Å². The number of hydrogen-bond acceptors (Lipinski definition) is 6. The number of carboxylic acid groups (broad SMARTS) is 1. The van der Waals surface area contributed by atoms with Gasteiger partial charge in [-0.1, -0.05) is 39.7 Å². The van der Waals surface area contributed by atoms with E-state index in [9.17, 15) is 14.7 Å². The van der Waals surface area contributed by atoms with Crippen LogP contribution in [0.1, 0.15) is 35.2 Å². The van der Waals surface area contributed by atoms with E-state index in [2.05, 4.69) is 32.3 Å². The average Bonchev–Trinajstić information content (AvgIpc) is 3.02. The van der Waals surface area contributed by atoms with Gasteiger partial charge in [-0.05, 0) is 97.6 Å². The van der Waals surface area contributed by atoms with Gasteiger partial charge in [-0.2, -0.15) is 0 Å². The molecule has 0 saturated carbocycles. The second-order valence-electron chi connectivity index (χ2n) is 10.1. The maximum absolute atomic E-state index is 13.6. The van der Waals surface area contributed by atoms with E-state index in [1.54, 1.807) is 35.3 Å². The van der Waals surface area contributed by atoms with Gasteiger partial charge in [-0.3, -0.25) is 15.2 Å². The van der Waals surface area contributed by atoms with Crippen molar-refractivity contribution in [3.05, 3.63) is 106 Å². The molecule has 0 aromatic heterocycles. The Morgan fingerprint density at radius 3 is 2.26 bits per heavy atom. The van der Waals surface area contributed by atoms with Gasteiger partial charge in [-0.15, -0.1) is 0 Å². The molecule has 0 spiro atoms. The van der Waals surface area contributed by atoms with Crippen LogP contribution in [0.4, 0.5) is 17.1 Å². The Hall–Kier alpha value is -4.21. The Balaban J connectivity index is 1.45. The molecule has 1 saturated heterocycles. The first kappa shape index (κ1) is 30.3. The number of hydrogen-bond donors (Lipinski definition) is 2. The van der Waals surface area contributed by atoms with Crippen LogP contribution in [0.25, 0.3) is 0 Å². The molecule has 0 bridgehead atoms. The number of methoxy groups -OCH3 is 1. The molecule has 1 aliphatic rings. The number of carbonyl (C=O) groups is 2. The van der Waals surface area contributed by atoms with E-state index >= 15 is 0 Å². The molecule has 222 valence electrons. The first-order valence-electron chi connectivity index (χ1n) is 13.9. The van der Waals surface area contributed by atoms with Gasteiger partial charge >= 0.3 is 5.97 Å². The topological polar surface area (TPSA) is 91.3 Å². The van der Waals surface area contributed by atoms with E-state index in [1.165, 1.54) is 19.6 Å². The Morgan fingerprint density at radius 2 is 1.60 bits per heavy atom. The number of ether oxygens (including phenoxy) is 2. The van der Waals surface area contributed by atoms with Crippen molar-refractivity contribution in [3.63, 3.8) is 0 Å². The minimum atomic E-state index is -1.11. The van der Waals surface area contributed by atoms with Crippen LogP contribution in [0, 0.1) is 0 Å². The zero-order chi connectivity index (χ0) is 30.3. The highest BCUT2D eigenvalue weighted by Crippen LogP contribution is 2.36. The Kier molecular flexibility index (Phi) is 9.74. The largest absolute Gasteiger partial charge is 0.496 e. The normalized spacial score (nSPS) is 12.9. The molecule has 1 heterocycles. The van der Waals surface area contributed by atoms with Crippen molar-refractivity contribution < 1.29 is 24.2 Å². The van der Waals surface area contributed by atoms with Crippen LogP contribution in [0.15, 0.2) is 89.4 Å². The van der Waals surface area contributed by atoms with Crippen molar-refractivity contribution in [2.24, 2.45) is 0 Å². The van der Waals surface area contributed by atoms with E-state index in [0.717, 1.165) is 43.0 Å². The predicted molar refractivity (Wildman–Crippen MR) is 172 cm³/mol. The number of halogens is 2. The summed E-state index contributed by atoms with van der Waals surface area (Å²) in [6, 6.07) is 25.6. The van der Waals surface area contributed by atoms with Crippen LogP contribution in [0.3, 0.4) is 0 Å². The lowest BCUT2D eigenvalue weighted by atomic mass is 10.1. The summed E-state index contributed by atoms with van der Waals surface area (Å²) in [7, 11) is 1.40. The quantitative estimate of drug-likeness (QED) is 0.166. The molecule has 0 aliphatic carbocycles. The molecule has 4 aromatic rings. The lowest BCUT2D eigenvalue weighted by Gasteiger charge is -2.34. The highest BCUT2D eigenvalue weighted by Gasteiger charge is 2.22.